The molecule has 2 aromatic heterocycles. The van der Waals surface area contributed by atoms with E-state index in [0.29, 0.717) is 37.5 Å². The topological polar surface area (TPSA) is 57.9 Å². The van der Waals surface area contributed by atoms with Crippen molar-refractivity contribution in [2.45, 2.75) is 13.0 Å². The fourth-order valence-corrected chi connectivity index (χ4v) is 3.25. The molecule has 1 aliphatic heterocycles. The van der Waals surface area contributed by atoms with Crippen molar-refractivity contribution >= 4 is 17.5 Å². The van der Waals surface area contributed by atoms with Crippen LogP contribution in [0.5, 0.6) is 0 Å². The largest absolute Gasteiger partial charge is 0.337 e. The molecule has 0 unspecified atom stereocenters. The molecule has 7 heteroatoms. The smallest absolute Gasteiger partial charge is 0.274 e. The molecule has 0 N–H and O–H groups in total. The van der Waals surface area contributed by atoms with Crippen LogP contribution in [0.3, 0.4) is 0 Å². The van der Waals surface area contributed by atoms with Crippen molar-refractivity contribution in [1.29, 1.82) is 0 Å². The molecule has 138 valence electrons. The van der Waals surface area contributed by atoms with E-state index in [2.05, 4.69) is 4.98 Å². The summed E-state index contributed by atoms with van der Waals surface area (Å²) in [6.45, 7) is 1.66. The highest BCUT2D eigenvalue weighted by Crippen LogP contribution is 2.14. The average Bonchev–Trinajstić information content (AvgIpc) is 3.03. The number of amides is 2. The number of nitrogens with zero attached hydrogens (tertiary/aromatic N) is 4. The van der Waals surface area contributed by atoms with Gasteiger partial charge in [0.2, 0.25) is 5.91 Å². The maximum Gasteiger partial charge on any atom is 0.274 e. The van der Waals surface area contributed by atoms with Gasteiger partial charge in [0, 0.05) is 45.0 Å². The highest BCUT2D eigenvalue weighted by molar-refractivity contribution is 5.93. The van der Waals surface area contributed by atoms with Crippen LogP contribution in [0, 0.1) is 5.82 Å². The zero-order valence-corrected chi connectivity index (χ0v) is 14.7. The molecule has 6 nitrogen and oxygen atoms in total. The van der Waals surface area contributed by atoms with Crippen molar-refractivity contribution in [3.8, 4) is 0 Å². The van der Waals surface area contributed by atoms with Crippen LogP contribution in [0.1, 0.15) is 22.5 Å². The van der Waals surface area contributed by atoms with E-state index in [1.54, 1.807) is 32.5 Å². The number of benzene rings is 1. The third kappa shape index (κ3) is 3.67. The standard InChI is InChI=1S/C20H19FN4O2/c21-16-6-4-15(5-7-16)13-25-12-11-23(10-8-19(25)26)20(27)17-14-24-9-2-1-3-18(24)22-17/h1-7,9,14H,8,10-13H2. The number of fused-ring (bicyclic) bond motifs is 1. The lowest BCUT2D eigenvalue weighted by atomic mass is 10.2. The molecule has 0 bridgehead atoms. The molecular weight excluding hydrogens is 347 g/mol. The minimum absolute atomic E-state index is 0.00961. The first-order chi connectivity index (χ1) is 13.1. The molecule has 4 rings (SSSR count). The Morgan fingerprint density at radius 3 is 2.67 bits per heavy atom. The van der Waals surface area contributed by atoms with Crippen LogP contribution >= 0.6 is 0 Å². The summed E-state index contributed by atoms with van der Waals surface area (Å²) in [7, 11) is 0. The van der Waals surface area contributed by atoms with Crippen molar-refractivity contribution in [3.05, 3.63) is 71.9 Å². The summed E-state index contributed by atoms with van der Waals surface area (Å²) in [5.74, 6) is -0.482. The quantitative estimate of drug-likeness (QED) is 0.715. The summed E-state index contributed by atoms with van der Waals surface area (Å²) in [6.07, 6.45) is 3.82. The van der Waals surface area contributed by atoms with Crippen LogP contribution in [0.2, 0.25) is 0 Å². The number of pyridine rings is 1. The second-order valence-electron chi connectivity index (χ2n) is 6.58. The number of carbonyl (C=O) groups excluding carboxylic acids is 2. The molecule has 0 aliphatic carbocycles. The monoisotopic (exact) mass is 366 g/mol. The second kappa shape index (κ2) is 7.19. The van der Waals surface area contributed by atoms with Crippen molar-refractivity contribution in [3.63, 3.8) is 0 Å². The molecule has 1 fully saturated rings. The van der Waals surface area contributed by atoms with E-state index in [-0.39, 0.29) is 24.1 Å². The second-order valence-corrected chi connectivity index (χ2v) is 6.58. The van der Waals surface area contributed by atoms with Gasteiger partial charge in [0.25, 0.3) is 5.91 Å². The number of carbonyl (C=O) groups is 2. The summed E-state index contributed by atoms with van der Waals surface area (Å²) >= 11 is 0. The Balaban J connectivity index is 1.46. The predicted molar refractivity (Wildman–Crippen MR) is 97.5 cm³/mol. The number of rotatable bonds is 3. The van der Waals surface area contributed by atoms with Gasteiger partial charge in [-0.05, 0) is 29.8 Å². The third-order valence-corrected chi connectivity index (χ3v) is 4.75. The lowest BCUT2D eigenvalue weighted by Crippen LogP contribution is -2.35. The van der Waals surface area contributed by atoms with Crippen molar-refractivity contribution in [2.75, 3.05) is 19.6 Å². The van der Waals surface area contributed by atoms with Gasteiger partial charge in [-0.3, -0.25) is 9.59 Å². The van der Waals surface area contributed by atoms with Gasteiger partial charge in [0.05, 0.1) is 0 Å². The summed E-state index contributed by atoms with van der Waals surface area (Å²) in [6, 6.07) is 11.7. The SMILES string of the molecule is O=C1CCN(C(=O)c2cn3ccccc3n2)CCN1Cc1ccc(F)cc1. The summed E-state index contributed by atoms with van der Waals surface area (Å²) < 4.78 is 14.9. The van der Waals surface area contributed by atoms with E-state index in [1.807, 2.05) is 24.4 Å². The Kier molecular flexibility index (Phi) is 4.58. The Morgan fingerprint density at radius 1 is 1.07 bits per heavy atom. The Morgan fingerprint density at radius 2 is 1.89 bits per heavy atom. The molecule has 27 heavy (non-hydrogen) atoms. The Hall–Kier alpha value is -3.22. The maximum absolute atomic E-state index is 13.1. The molecule has 0 radical (unpaired) electrons. The fraction of sp³-hybridized carbons (Fsp3) is 0.250. The fourth-order valence-electron chi connectivity index (χ4n) is 3.25. The van der Waals surface area contributed by atoms with Gasteiger partial charge in [-0.15, -0.1) is 0 Å². The van der Waals surface area contributed by atoms with Crippen molar-refractivity contribution in [2.24, 2.45) is 0 Å². The first kappa shape index (κ1) is 17.2. The number of aromatic nitrogens is 2. The van der Waals surface area contributed by atoms with Crippen LogP contribution in [0.15, 0.2) is 54.9 Å². The highest BCUT2D eigenvalue weighted by atomic mass is 19.1. The van der Waals surface area contributed by atoms with Gasteiger partial charge in [-0.1, -0.05) is 18.2 Å². The van der Waals surface area contributed by atoms with Crippen molar-refractivity contribution < 1.29 is 14.0 Å². The van der Waals surface area contributed by atoms with E-state index < -0.39 is 0 Å². The predicted octanol–water partition coefficient (Wildman–Crippen LogP) is 2.35. The summed E-state index contributed by atoms with van der Waals surface area (Å²) in [5.41, 5.74) is 1.95. The Labute approximate surface area is 155 Å². The lowest BCUT2D eigenvalue weighted by Gasteiger charge is -2.22. The molecule has 2 amide bonds. The number of imidazole rings is 1. The summed E-state index contributed by atoms with van der Waals surface area (Å²) in [4.78, 5) is 33.0. The van der Waals surface area contributed by atoms with Crippen LogP contribution in [-0.4, -0.2) is 50.6 Å². The maximum atomic E-state index is 13.1. The lowest BCUT2D eigenvalue weighted by molar-refractivity contribution is -0.130. The first-order valence-corrected chi connectivity index (χ1v) is 8.85. The number of halogens is 1. The zero-order valence-electron chi connectivity index (χ0n) is 14.7. The van der Waals surface area contributed by atoms with Crippen LogP contribution in [0.25, 0.3) is 5.65 Å². The Bertz CT molecular complexity index is 950. The van der Waals surface area contributed by atoms with Gasteiger partial charge in [-0.2, -0.15) is 0 Å². The first-order valence-electron chi connectivity index (χ1n) is 8.85. The van der Waals surface area contributed by atoms with E-state index in [1.165, 1.54) is 12.1 Å². The molecule has 3 heterocycles. The number of hydrogen-bond donors (Lipinski definition) is 0. The number of hydrogen-bond acceptors (Lipinski definition) is 3. The molecule has 0 saturated carbocycles. The van der Waals surface area contributed by atoms with Crippen LogP contribution in [-0.2, 0) is 11.3 Å². The summed E-state index contributed by atoms with van der Waals surface area (Å²) in [5, 5.41) is 0. The van der Waals surface area contributed by atoms with Gasteiger partial charge in [0.1, 0.15) is 17.2 Å². The minimum atomic E-state index is -0.301. The highest BCUT2D eigenvalue weighted by Gasteiger charge is 2.25. The third-order valence-electron chi connectivity index (χ3n) is 4.75. The van der Waals surface area contributed by atoms with Crippen LogP contribution in [0.4, 0.5) is 4.39 Å². The van der Waals surface area contributed by atoms with E-state index >= 15 is 0 Å². The molecule has 0 atom stereocenters. The normalized spacial score (nSPS) is 15.2. The van der Waals surface area contributed by atoms with Gasteiger partial charge in [0.15, 0.2) is 0 Å². The zero-order chi connectivity index (χ0) is 18.8. The van der Waals surface area contributed by atoms with E-state index in [9.17, 15) is 14.0 Å². The molecule has 1 aromatic carbocycles. The van der Waals surface area contributed by atoms with Gasteiger partial charge in [-0.25, -0.2) is 9.37 Å². The minimum Gasteiger partial charge on any atom is -0.337 e. The van der Waals surface area contributed by atoms with E-state index in [4.69, 9.17) is 0 Å². The molecule has 1 aliphatic rings. The molecule has 3 aromatic rings. The van der Waals surface area contributed by atoms with Gasteiger partial charge >= 0.3 is 0 Å². The van der Waals surface area contributed by atoms with Crippen LogP contribution < -0.4 is 0 Å². The molecular formula is C20H19FN4O2. The van der Waals surface area contributed by atoms with Crippen molar-refractivity contribution in [1.82, 2.24) is 19.2 Å². The molecule has 0 spiro atoms. The van der Waals surface area contributed by atoms with Gasteiger partial charge < -0.3 is 14.2 Å². The average molecular weight is 366 g/mol. The van der Waals surface area contributed by atoms with E-state index in [0.717, 1.165) is 5.56 Å². The molecule has 1 saturated heterocycles.